The van der Waals surface area contributed by atoms with Crippen LogP contribution in [0.3, 0.4) is 0 Å². The molecule has 1 N–H and O–H groups in total. The lowest BCUT2D eigenvalue weighted by atomic mass is 9.93. The zero-order valence-corrected chi connectivity index (χ0v) is 20.1. The van der Waals surface area contributed by atoms with Gasteiger partial charge in [0.2, 0.25) is 0 Å². The fourth-order valence-corrected chi connectivity index (χ4v) is 4.38. The van der Waals surface area contributed by atoms with E-state index in [1.54, 1.807) is 18.2 Å². The summed E-state index contributed by atoms with van der Waals surface area (Å²) in [5, 5.41) is 22.4. The summed E-state index contributed by atoms with van der Waals surface area (Å²) in [4.78, 5) is 40.6. The molecule has 0 aliphatic carbocycles. The Bertz CT molecular complexity index is 1120. The minimum atomic E-state index is -0.822. The number of nitro groups is 1. The van der Waals surface area contributed by atoms with Crippen LogP contribution in [-0.4, -0.2) is 57.7 Å². The molecule has 3 rings (SSSR count). The molecule has 1 fully saturated rings. The number of nitrogens with zero attached hydrogens (tertiary/aromatic N) is 3. The van der Waals surface area contributed by atoms with Crippen molar-refractivity contribution in [3.63, 3.8) is 0 Å². The van der Waals surface area contributed by atoms with Crippen molar-refractivity contribution in [1.82, 2.24) is 9.80 Å². The Kier molecular flexibility index (Phi) is 7.83. The number of benzene rings is 2. The fraction of sp³-hybridized carbons (Fsp3) is 0.385. The highest BCUT2D eigenvalue weighted by molar-refractivity contribution is 6.46. The molecule has 1 saturated heterocycles. The number of nitro benzene ring substituents is 1. The molecule has 8 nitrogen and oxygen atoms in total. The number of amides is 1. The molecule has 1 aliphatic heterocycles. The average molecular weight is 466 g/mol. The van der Waals surface area contributed by atoms with Crippen LogP contribution in [0.25, 0.3) is 5.76 Å². The summed E-state index contributed by atoms with van der Waals surface area (Å²) in [6.07, 6.45) is 0.654. The van der Waals surface area contributed by atoms with E-state index in [1.165, 1.54) is 17.0 Å². The van der Waals surface area contributed by atoms with Gasteiger partial charge in [-0.3, -0.25) is 19.7 Å². The summed E-state index contributed by atoms with van der Waals surface area (Å²) < 4.78 is 0. The van der Waals surface area contributed by atoms with Gasteiger partial charge in [0, 0.05) is 24.2 Å². The smallest absolute Gasteiger partial charge is 0.295 e. The van der Waals surface area contributed by atoms with Crippen LogP contribution in [0.5, 0.6) is 0 Å². The van der Waals surface area contributed by atoms with Gasteiger partial charge in [-0.1, -0.05) is 31.5 Å². The number of aliphatic hydroxyl groups is 1. The zero-order valence-electron chi connectivity index (χ0n) is 20.1. The molecule has 1 unspecified atom stereocenters. The SMILES string of the molecule is CCN(CC)CCCN1C(=O)C(=O)C(=C(O)c2cc(C)ccc2C)C1c1ccc([N+](=O)[O-])cc1. The van der Waals surface area contributed by atoms with Gasteiger partial charge in [0.25, 0.3) is 17.4 Å². The number of Topliss-reactive ketones (excluding diaryl/α,β-unsaturated/α-hetero) is 1. The highest BCUT2D eigenvalue weighted by Crippen LogP contribution is 2.40. The van der Waals surface area contributed by atoms with Gasteiger partial charge < -0.3 is 14.9 Å². The summed E-state index contributed by atoms with van der Waals surface area (Å²) in [5.41, 5.74) is 2.64. The normalized spacial score (nSPS) is 17.6. The monoisotopic (exact) mass is 465 g/mol. The first kappa shape index (κ1) is 25.1. The Hall–Kier alpha value is -3.52. The minimum Gasteiger partial charge on any atom is -0.507 e. The molecule has 1 aliphatic rings. The number of carbonyl (C=O) groups excluding carboxylic acids is 2. The zero-order chi connectivity index (χ0) is 25.0. The average Bonchev–Trinajstić information content (AvgIpc) is 3.08. The van der Waals surface area contributed by atoms with Crippen LogP contribution < -0.4 is 0 Å². The third kappa shape index (κ3) is 5.02. The van der Waals surface area contributed by atoms with Gasteiger partial charge in [0.1, 0.15) is 5.76 Å². The van der Waals surface area contributed by atoms with E-state index < -0.39 is 22.7 Å². The van der Waals surface area contributed by atoms with Gasteiger partial charge in [0.15, 0.2) is 0 Å². The molecule has 8 heteroatoms. The molecule has 0 aromatic heterocycles. The first-order valence-corrected chi connectivity index (χ1v) is 11.5. The second-order valence-corrected chi connectivity index (χ2v) is 8.54. The number of rotatable bonds is 9. The molecular formula is C26H31N3O5. The molecule has 1 atom stereocenters. The van der Waals surface area contributed by atoms with Gasteiger partial charge in [-0.25, -0.2) is 0 Å². The van der Waals surface area contributed by atoms with Crippen LogP contribution in [-0.2, 0) is 9.59 Å². The van der Waals surface area contributed by atoms with Gasteiger partial charge in [-0.05, 0) is 69.2 Å². The number of carbonyl (C=O) groups is 2. The van der Waals surface area contributed by atoms with E-state index in [9.17, 15) is 24.8 Å². The molecular weight excluding hydrogens is 434 g/mol. The predicted molar refractivity (Wildman–Crippen MR) is 130 cm³/mol. The first-order valence-electron chi connectivity index (χ1n) is 11.5. The van der Waals surface area contributed by atoms with E-state index in [2.05, 4.69) is 18.7 Å². The molecule has 2 aromatic rings. The highest BCUT2D eigenvalue weighted by atomic mass is 16.6. The molecule has 34 heavy (non-hydrogen) atoms. The largest absolute Gasteiger partial charge is 0.507 e. The van der Waals surface area contributed by atoms with E-state index in [1.807, 2.05) is 26.0 Å². The quantitative estimate of drug-likeness (QED) is 0.194. The molecule has 0 spiro atoms. The number of aryl methyl sites for hydroxylation is 2. The number of aliphatic hydroxyl groups excluding tert-OH is 1. The van der Waals surface area contributed by atoms with E-state index in [4.69, 9.17) is 0 Å². The van der Waals surface area contributed by atoms with Crippen molar-refractivity contribution in [2.24, 2.45) is 0 Å². The summed E-state index contributed by atoms with van der Waals surface area (Å²) in [6, 6.07) is 10.5. The van der Waals surface area contributed by atoms with Crippen molar-refractivity contribution in [3.8, 4) is 0 Å². The van der Waals surface area contributed by atoms with Crippen molar-refractivity contribution in [3.05, 3.63) is 80.4 Å². The maximum absolute atomic E-state index is 13.2. The summed E-state index contributed by atoms with van der Waals surface area (Å²) in [5.74, 6) is -1.64. The minimum absolute atomic E-state index is 0.00962. The van der Waals surface area contributed by atoms with Crippen LogP contribution in [0.4, 0.5) is 5.69 Å². The number of likely N-dealkylation sites (tertiary alicyclic amines) is 1. The van der Waals surface area contributed by atoms with Gasteiger partial charge in [-0.15, -0.1) is 0 Å². The highest BCUT2D eigenvalue weighted by Gasteiger charge is 2.46. The number of hydrogen-bond acceptors (Lipinski definition) is 6. The van der Waals surface area contributed by atoms with Gasteiger partial charge in [-0.2, -0.15) is 0 Å². The second kappa shape index (κ2) is 10.6. The number of ketones is 1. The Morgan fingerprint density at radius 3 is 2.32 bits per heavy atom. The van der Waals surface area contributed by atoms with Crippen molar-refractivity contribution < 1.29 is 19.6 Å². The first-order chi connectivity index (χ1) is 16.2. The third-order valence-corrected chi connectivity index (χ3v) is 6.38. The van der Waals surface area contributed by atoms with Crippen molar-refractivity contribution in [2.75, 3.05) is 26.2 Å². The second-order valence-electron chi connectivity index (χ2n) is 8.54. The van der Waals surface area contributed by atoms with E-state index in [0.29, 0.717) is 24.1 Å². The molecule has 2 aromatic carbocycles. The lowest BCUT2D eigenvalue weighted by Crippen LogP contribution is -2.33. The standard InChI is InChI=1S/C26H31N3O5/c1-5-27(6-2)14-7-15-28-23(19-10-12-20(13-11-19)29(33)34)22(25(31)26(28)32)24(30)21-16-17(3)8-9-18(21)4/h8-13,16,23,30H,5-7,14-15H2,1-4H3. The Morgan fingerprint density at radius 1 is 1.09 bits per heavy atom. The number of hydrogen-bond donors (Lipinski definition) is 1. The molecule has 1 amide bonds. The summed E-state index contributed by atoms with van der Waals surface area (Å²) in [7, 11) is 0. The van der Waals surface area contributed by atoms with Crippen molar-refractivity contribution in [2.45, 2.75) is 40.2 Å². The lowest BCUT2D eigenvalue weighted by molar-refractivity contribution is -0.384. The fourth-order valence-electron chi connectivity index (χ4n) is 4.38. The topological polar surface area (TPSA) is 104 Å². The van der Waals surface area contributed by atoms with E-state index in [0.717, 1.165) is 30.8 Å². The molecule has 0 saturated carbocycles. The number of non-ortho nitro benzene ring substituents is 1. The van der Waals surface area contributed by atoms with Gasteiger partial charge in [0.05, 0.1) is 16.5 Å². The molecule has 1 heterocycles. The lowest BCUT2D eigenvalue weighted by Gasteiger charge is -2.27. The van der Waals surface area contributed by atoms with Crippen LogP contribution in [0.15, 0.2) is 48.0 Å². The Morgan fingerprint density at radius 2 is 1.74 bits per heavy atom. The van der Waals surface area contributed by atoms with Gasteiger partial charge >= 0.3 is 0 Å². The summed E-state index contributed by atoms with van der Waals surface area (Å²) in [6.45, 7) is 10.7. The molecule has 0 radical (unpaired) electrons. The van der Waals surface area contributed by atoms with Crippen LogP contribution in [0, 0.1) is 24.0 Å². The van der Waals surface area contributed by atoms with Crippen LogP contribution in [0.1, 0.15) is 48.6 Å². The maximum Gasteiger partial charge on any atom is 0.295 e. The summed E-state index contributed by atoms with van der Waals surface area (Å²) >= 11 is 0. The van der Waals surface area contributed by atoms with Crippen molar-refractivity contribution >= 4 is 23.1 Å². The van der Waals surface area contributed by atoms with E-state index >= 15 is 0 Å². The predicted octanol–water partition coefficient (Wildman–Crippen LogP) is 4.37. The molecule has 0 bridgehead atoms. The Labute approximate surface area is 199 Å². The van der Waals surface area contributed by atoms with Crippen molar-refractivity contribution in [1.29, 1.82) is 0 Å². The van der Waals surface area contributed by atoms with E-state index in [-0.39, 0.29) is 17.0 Å². The maximum atomic E-state index is 13.2. The Balaban J connectivity index is 2.09. The van der Waals surface area contributed by atoms with Crippen LogP contribution in [0.2, 0.25) is 0 Å². The molecule has 180 valence electrons. The van der Waals surface area contributed by atoms with Crippen LogP contribution >= 0.6 is 0 Å². The third-order valence-electron chi connectivity index (χ3n) is 6.38.